The van der Waals surface area contributed by atoms with Crippen LogP contribution in [0, 0.1) is 0 Å². The van der Waals surface area contributed by atoms with Crippen molar-refractivity contribution in [3.05, 3.63) is 0 Å². The van der Waals surface area contributed by atoms with Gasteiger partial charge in [-0.25, -0.2) is 0 Å². The Hall–Kier alpha value is 0.381. The van der Waals surface area contributed by atoms with Gasteiger partial charge in [0.2, 0.25) is 0 Å². The van der Waals surface area contributed by atoms with Crippen LogP contribution < -0.4 is 15.9 Å². The third kappa shape index (κ3) is 8.29. The molecule has 0 spiro atoms. The fourth-order valence-corrected chi connectivity index (χ4v) is 0.391. The first-order valence-corrected chi connectivity index (χ1v) is 2.70. The molecule has 0 saturated carbocycles. The minimum Gasteiger partial charge on any atom is -0.550 e. The Morgan fingerprint density at radius 1 is 1.36 bits per heavy atom. The van der Waals surface area contributed by atoms with E-state index >= 15 is 0 Å². The average Bonchev–Trinajstić information content (AvgIpc) is 1.82. The topological polar surface area (TPSA) is 106 Å². The van der Waals surface area contributed by atoms with Gasteiger partial charge in [0, 0.05) is 12.0 Å². The van der Waals surface area contributed by atoms with E-state index in [1.807, 2.05) is 0 Å². The summed E-state index contributed by atoms with van der Waals surface area (Å²) in [5.41, 5.74) is 4.91. The molecule has 0 heterocycles. The average molecular weight is 233 g/mol. The molecule has 0 aromatic heterocycles. The van der Waals surface area contributed by atoms with Gasteiger partial charge in [-0.05, 0) is 12.8 Å². The molecule has 0 saturated heterocycles. The van der Waals surface area contributed by atoms with Gasteiger partial charge in [-0.3, -0.25) is 0 Å². The van der Waals surface area contributed by atoms with E-state index < -0.39 is 18.0 Å². The Balaban J connectivity index is 0. The number of carbonyl (C=O) groups is 2. The zero-order valence-corrected chi connectivity index (χ0v) is 9.39. The number of carboxylic acids is 2. The van der Waals surface area contributed by atoms with E-state index in [-0.39, 0.29) is 58.3 Å². The standard InChI is InChI=1S/C5H9NO4.Sr/c6-3(5(9)10)1-2-4(7)8;/h3H,1-2,6H2,(H,7,8)(H,9,10);/q;+2/p-2/t3-;/m1./s1. The van der Waals surface area contributed by atoms with Crippen molar-refractivity contribution in [3.63, 3.8) is 0 Å². The fraction of sp³-hybridized carbons (Fsp3) is 0.600. The first kappa shape index (κ1) is 13.9. The predicted octanol–water partition coefficient (Wildman–Crippen LogP) is -3.79. The van der Waals surface area contributed by atoms with Crippen LogP contribution in [0.3, 0.4) is 0 Å². The van der Waals surface area contributed by atoms with Crippen molar-refractivity contribution >= 4 is 57.4 Å². The van der Waals surface area contributed by atoms with Crippen molar-refractivity contribution in [1.82, 2.24) is 0 Å². The van der Waals surface area contributed by atoms with Crippen LogP contribution in [0.15, 0.2) is 0 Å². The molecule has 2 N–H and O–H groups in total. The normalized spacial score (nSPS) is 11.4. The number of hydrogen-bond donors (Lipinski definition) is 1. The molecule has 0 rings (SSSR count). The zero-order chi connectivity index (χ0) is 8.15. The zero-order valence-electron chi connectivity index (χ0n) is 5.91. The summed E-state index contributed by atoms with van der Waals surface area (Å²) >= 11 is 0. The van der Waals surface area contributed by atoms with Gasteiger partial charge < -0.3 is 25.5 Å². The largest absolute Gasteiger partial charge is 2.00 e. The van der Waals surface area contributed by atoms with Crippen LogP contribution in [0.5, 0.6) is 0 Å². The number of nitrogens with two attached hydrogens (primary N) is 1. The summed E-state index contributed by atoms with van der Waals surface area (Å²) in [6.07, 6.45) is -0.500. The number of rotatable bonds is 4. The van der Waals surface area contributed by atoms with Crippen molar-refractivity contribution in [3.8, 4) is 0 Å². The Bertz CT molecular complexity index is 149. The SMILES string of the molecule is N[C@H](CCC(=O)[O-])C(=O)[O-].[Sr+2]. The summed E-state index contributed by atoms with van der Waals surface area (Å²) in [7, 11) is 0. The third-order valence-electron chi connectivity index (χ3n) is 0.962. The van der Waals surface area contributed by atoms with Gasteiger partial charge in [-0.2, -0.15) is 0 Å². The molecule has 0 radical (unpaired) electrons. The number of carbonyl (C=O) groups excluding carboxylic acids is 2. The third-order valence-corrected chi connectivity index (χ3v) is 0.962. The fourth-order valence-electron chi connectivity index (χ4n) is 0.391. The second-order valence-electron chi connectivity index (χ2n) is 1.84. The second kappa shape index (κ2) is 7.05. The second-order valence-corrected chi connectivity index (χ2v) is 1.84. The molecule has 11 heavy (non-hydrogen) atoms. The van der Waals surface area contributed by atoms with Crippen molar-refractivity contribution in [2.75, 3.05) is 0 Å². The summed E-state index contributed by atoms with van der Waals surface area (Å²) in [5, 5.41) is 19.6. The maximum Gasteiger partial charge on any atom is 2.00 e. The molecule has 0 bridgehead atoms. The molecule has 0 fully saturated rings. The van der Waals surface area contributed by atoms with E-state index in [9.17, 15) is 19.8 Å². The summed E-state index contributed by atoms with van der Waals surface area (Å²) < 4.78 is 0. The predicted molar refractivity (Wildman–Crippen MR) is 33.0 cm³/mol. The summed E-state index contributed by atoms with van der Waals surface area (Å²) in [4.78, 5) is 19.6. The van der Waals surface area contributed by atoms with E-state index in [1.165, 1.54) is 0 Å². The van der Waals surface area contributed by atoms with Crippen LogP contribution in [0.1, 0.15) is 12.8 Å². The monoisotopic (exact) mass is 233 g/mol. The van der Waals surface area contributed by atoms with E-state index in [2.05, 4.69) is 0 Å². The molecule has 0 aromatic carbocycles. The minimum atomic E-state index is -1.44. The van der Waals surface area contributed by atoms with Crippen molar-refractivity contribution in [1.29, 1.82) is 0 Å². The molecule has 58 valence electrons. The minimum absolute atomic E-state index is 0. The van der Waals surface area contributed by atoms with Crippen molar-refractivity contribution in [2.24, 2.45) is 5.73 Å². The summed E-state index contributed by atoms with van der Waals surface area (Å²) in [6.45, 7) is 0. The Labute approximate surface area is 101 Å². The van der Waals surface area contributed by atoms with Crippen LogP contribution in [-0.4, -0.2) is 63.5 Å². The van der Waals surface area contributed by atoms with Crippen LogP contribution in [0.2, 0.25) is 0 Å². The maximum absolute atomic E-state index is 9.86. The van der Waals surface area contributed by atoms with Crippen LogP contribution in [0.25, 0.3) is 0 Å². The molecule has 0 aliphatic heterocycles. The van der Waals surface area contributed by atoms with Gasteiger partial charge in [-0.15, -0.1) is 0 Å². The Morgan fingerprint density at radius 2 is 1.82 bits per heavy atom. The summed E-state index contributed by atoms with van der Waals surface area (Å²) in [5.74, 6) is -2.75. The van der Waals surface area contributed by atoms with Gasteiger partial charge in [0.25, 0.3) is 0 Å². The van der Waals surface area contributed by atoms with Gasteiger partial charge in [0.1, 0.15) is 0 Å². The van der Waals surface area contributed by atoms with Gasteiger partial charge in [0.05, 0.1) is 5.97 Å². The summed E-state index contributed by atoms with van der Waals surface area (Å²) in [6, 6.07) is -1.21. The van der Waals surface area contributed by atoms with Gasteiger partial charge >= 0.3 is 45.5 Å². The van der Waals surface area contributed by atoms with Crippen LogP contribution in [-0.2, 0) is 9.59 Å². The molecule has 0 aromatic rings. The molecule has 6 heteroatoms. The smallest absolute Gasteiger partial charge is 0.550 e. The first-order chi connectivity index (χ1) is 4.54. The van der Waals surface area contributed by atoms with E-state index in [1.54, 1.807) is 0 Å². The van der Waals surface area contributed by atoms with Crippen LogP contribution in [0.4, 0.5) is 0 Å². The number of carboxylic acid groups (broad SMARTS) is 2. The molecule has 1 atom stereocenters. The number of hydrogen-bond acceptors (Lipinski definition) is 5. The molecule has 0 amide bonds. The molecule has 5 nitrogen and oxygen atoms in total. The molecule has 0 aliphatic carbocycles. The Kier molecular flexibility index (Phi) is 8.94. The molecule has 0 aliphatic rings. The van der Waals surface area contributed by atoms with Gasteiger partial charge in [-0.1, -0.05) is 0 Å². The molecular weight excluding hydrogens is 226 g/mol. The number of aliphatic carboxylic acids is 2. The Morgan fingerprint density at radius 3 is 2.09 bits per heavy atom. The van der Waals surface area contributed by atoms with Crippen molar-refractivity contribution in [2.45, 2.75) is 18.9 Å². The molecular formula is C5H7NO4Sr. The van der Waals surface area contributed by atoms with Crippen molar-refractivity contribution < 1.29 is 19.8 Å². The van der Waals surface area contributed by atoms with Gasteiger partial charge in [0.15, 0.2) is 0 Å². The van der Waals surface area contributed by atoms with E-state index in [0.29, 0.717) is 0 Å². The van der Waals surface area contributed by atoms with E-state index in [0.717, 1.165) is 0 Å². The quantitative estimate of drug-likeness (QED) is 0.501. The molecule has 0 unspecified atom stereocenters. The van der Waals surface area contributed by atoms with E-state index in [4.69, 9.17) is 5.73 Å². The first-order valence-electron chi connectivity index (χ1n) is 2.70. The van der Waals surface area contributed by atoms with Crippen LogP contribution >= 0.6 is 0 Å². The maximum atomic E-state index is 9.86.